The summed E-state index contributed by atoms with van der Waals surface area (Å²) < 4.78 is 13.1. The molecular weight excluding hydrogens is 418 g/mol. The minimum absolute atomic E-state index is 0.0987. The summed E-state index contributed by atoms with van der Waals surface area (Å²) in [4.78, 5) is 29.3. The number of methoxy groups -OCH3 is 1. The van der Waals surface area contributed by atoms with E-state index in [1.807, 2.05) is 48.7 Å². The largest absolute Gasteiger partial charge is 0.497 e. The highest BCUT2D eigenvalue weighted by atomic mass is 16.5. The van der Waals surface area contributed by atoms with Crippen LogP contribution < -0.4 is 10.1 Å². The zero-order chi connectivity index (χ0) is 23.2. The molecule has 0 radical (unpaired) electrons. The van der Waals surface area contributed by atoms with Gasteiger partial charge in [0.25, 0.3) is 5.91 Å². The van der Waals surface area contributed by atoms with Crippen LogP contribution in [0.1, 0.15) is 60.8 Å². The van der Waals surface area contributed by atoms with Crippen molar-refractivity contribution in [3.8, 4) is 5.75 Å². The van der Waals surface area contributed by atoms with E-state index in [0.717, 1.165) is 48.3 Å². The maximum absolute atomic E-state index is 13.8. The van der Waals surface area contributed by atoms with Crippen LogP contribution in [0.3, 0.4) is 0 Å². The standard InChI is InChI=1S/C26H31N3O4/c1-17-12-21-23(33-17)14-22-24(30)29(15-18-8-7-11-20(13-18)32-3)26(2,16-28(21)22)25(31)27-19-9-5-4-6-10-19/h7-8,11-14,19H,4-6,9-10,15-16H2,1-3H3,(H,27,31)/t26-/m0/s1. The normalized spacial score (nSPS) is 21.3. The van der Waals surface area contributed by atoms with Crippen LogP contribution in [-0.4, -0.2) is 40.0 Å². The molecule has 3 heterocycles. The number of furan rings is 1. The van der Waals surface area contributed by atoms with E-state index in [1.54, 1.807) is 18.1 Å². The van der Waals surface area contributed by atoms with Crippen molar-refractivity contribution in [3.05, 3.63) is 53.4 Å². The lowest BCUT2D eigenvalue weighted by Crippen LogP contribution is -2.64. The fraction of sp³-hybridized carbons (Fsp3) is 0.462. The fourth-order valence-electron chi connectivity index (χ4n) is 5.25. The molecule has 2 amide bonds. The number of aryl methyl sites for hydroxylation is 1. The minimum atomic E-state index is -1.04. The van der Waals surface area contributed by atoms with Gasteiger partial charge in [0.2, 0.25) is 5.91 Å². The number of benzene rings is 1. The van der Waals surface area contributed by atoms with Crippen LogP contribution in [-0.2, 0) is 17.9 Å². The van der Waals surface area contributed by atoms with Crippen LogP contribution in [0.2, 0.25) is 0 Å². The molecule has 3 aromatic rings. The number of ether oxygens (including phenoxy) is 1. The summed E-state index contributed by atoms with van der Waals surface area (Å²) in [6.45, 7) is 4.46. The van der Waals surface area contributed by atoms with Crippen molar-refractivity contribution in [1.29, 1.82) is 0 Å². The average molecular weight is 450 g/mol. The third-order valence-corrected chi connectivity index (χ3v) is 7.14. The predicted molar refractivity (Wildman–Crippen MR) is 125 cm³/mol. The maximum Gasteiger partial charge on any atom is 0.271 e. The Morgan fingerprint density at radius 3 is 2.76 bits per heavy atom. The van der Waals surface area contributed by atoms with E-state index in [4.69, 9.17) is 9.15 Å². The quantitative estimate of drug-likeness (QED) is 0.626. The molecule has 33 heavy (non-hydrogen) atoms. The second kappa shape index (κ2) is 8.28. The summed E-state index contributed by atoms with van der Waals surface area (Å²) in [7, 11) is 1.62. The average Bonchev–Trinajstić information content (AvgIpc) is 3.34. The van der Waals surface area contributed by atoms with E-state index < -0.39 is 5.54 Å². The molecule has 1 atom stereocenters. The lowest BCUT2D eigenvalue weighted by molar-refractivity contribution is -0.134. The van der Waals surface area contributed by atoms with E-state index in [9.17, 15) is 9.59 Å². The summed E-state index contributed by atoms with van der Waals surface area (Å²) in [6.07, 6.45) is 5.46. The molecule has 1 aliphatic carbocycles. The lowest BCUT2D eigenvalue weighted by Gasteiger charge is -2.44. The van der Waals surface area contributed by atoms with Crippen LogP contribution in [0.25, 0.3) is 11.1 Å². The van der Waals surface area contributed by atoms with Crippen molar-refractivity contribution in [3.63, 3.8) is 0 Å². The van der Waals surface area contributed by atoms with Crippen LogP contribution in [0.4, 0.5) is 0 Å². The van der Waals surface area contributed by atoms with Crippen molar-refractivity contribution < 1.29 is 18.7 Å². The number of carbonyl (C=O) groups is 2. The molecule has 1 aromatic carbocycles. The Kier molecular flexibility index (Phi) is 5.43. The van der Waals surface area contributed by atoms with Crippen molar-refractivity contribution in [2.24, 2.45) is 0 Å². The number of carbonyl (C=O) groups excluding carboxylic acids is 2. The first-order chi connectivity index (χ1) is 15.9. The fourth-order valence-corrected chi connectivity index (χ4v) is 5.25. The molecule has 0 saturated heterocycles. The Morgan fingerprint density at radius 2 is 2.00 bits per heavy atom. The molecule has 174 valence electrons. The van der Waals surface area contributed by atoms with Crippen molar-refractivity contribution >= 4 is 22.9 Å². The maximum atomic E-state index is 13.8. The summed E-state index contributed by atoms with van der Waals surface area (Å²) in [5.41, 5.74) is 1.96. The number of fused-ring (bicyclic) bond motifs is 3. The Bertz CT molecular complexity index is 1200. The number of hydrogen-bond donors (Lipinski definition) is 1. The minimum Gasteiger partial charge on any atom is -0.497 e. The predicted octanol–water partition coefficient (Wildman–Crippen LogP) is 4.41. The Balaban J connectivity index is 1.54. The summed E-state index contributed by atoms with van der Waals surface area (Å²) >= 11 is 0. The molecule has 1 fully saturated rings. The number of nitrogens with zero attached hydrogens (tertiary/aromatic N) is 2. The highest BCUT2D eigenvalue weighted by molar-refractivity contribution is 6.03. The van der Waals surface area contributed by atoms with E-state index >= 15 is 0 Å². The number of aromatic nitrogens is 1. The number of nitrogens with one attached hydrogen (secondary N) is 1. The lowest BCUT2D eigenvalue weighted by atomic mass is 9.91. The van der Waals surface area contributed by atoms with E-state index in [2.05, 4.69) is 5.32 Å². The molecular formula is C26H31N3O4. The van der Waals surface area contributed by atoms with Gasteiger partial charge < -0.3 is 23.9 Å². The molecule has 2 aromatic heterocycles. The van der Waals surface area contributed by atoms with Gasteiger partial charge in [-0.25, -0.2) is 0 Å². The second-order valence-electron chi connectivity index (χ2n) is 9.55. The molecule has 1 N–H and O–H groups in total. The van der Waals surface area contributed by atoms with Crippen molar-refractivity contribution in [2.45, 2.75) is 70.6 Å². The molecule has 2 aliphatic rings. The Hall–Kier alpha value is -3.22. The van der Waals surface area contributed by atoms with Crippen LogP contribution >= 0.6 is 0 Å². The van der Waals surface area contributed by atoms with Crippen LogP contribution in [0, 0.1) is 6.92 Å². The molecule has 5 rings (SSSR count). The molecule has 1 aliphatic heterocycles. The van der Waals surface area contributed by atoms with E-state index in [-0.39, 0.29) is 17.9 Å². The highest BCUT2D eigenvalue weighted by Gasteiger charge is 2.48. The van der Waals surface area contributed by atoms with Crippen LogP contribution in [0.5, 0.6) is 5.75 Å². The number of hydrogen-bond acceptors (Lipinski definition) is 4. The first-order valence-corrected chi connectivity index (χ1v) is 11.7. The van der Waals surface area contributed by atoms with Gasteiger partial charge in [-0.3, -0.25) is 9.59 Å². The van der Waals surface area contributed by atoms with Gasteiger partial charge in [0.1, 0.15) is 22.7 Å². The second-order valence-corrected chi connectivity index (χ2v) is 9.55. The SMILES string of the molecule is COc1cccc(CN2C(=O)c3cc4oc(C)cc4n3C[C@@]2(C)C(=O)NC2CCCCC2)c1. The summed E-state index contributed by atoms with van der Waals surface area (Å²) in [6, 6.07) is 11.5. The van der Waals surface area contributed by atoms with Gasteiger partial charge in [-0.1, -0.05) is 31.4 Å². The first-order valence-electron chi connectivity index (χ1n) is 11.7. The molecule has 0 bridgehead atoms. The molecule has 1 saturated carbocycles. The molecule has 7 nitrogen and oxygen atoms in total. The van der Waals surface area contributed by atoms with E-state index in [1.165, 1.54) is 6.42 Å². The smallest absolute Gasteiger partial charge is 0.271 e. The van der Waals surface area contributed by atoms with Gasteiger partial charge in [0, 0.05) is 24.7 Å². The summed E-state index contributed by atoms with van der Waals surface area (Å²) in [5.74, 6) is 1.24. The van der Waals surface area contributed by atoms with Gasteiger partial charge in [-0.05, 0) is 44.4 Å². The monoisotopic (exact) mass is 449 g/mol. The summed E-state index contributed by atoms with van der Waals surface area (Å²) in [5, 5.41) is 3.27. The Morgan fingerprint density at radius 1 is 1.21 bits per heavy atom. The van der Waals surface area contributed by atoms with Gasteiger partial charge in [-0.15, -0.1) is 0 Å². The third kappa shape index (κ3) is 3.79. The van der Waals surface area contributed by atoms with Gasteiger partial charge in [0.05, 0.1) is 19.2 Å². The Labute approximate surface area is 193 Å². The third-order valence-electron chi connectivity index (χ3n) is 7.14. The van der Waals surface area contributed by atoms with Crippen molar-refractivity contribution in [1.82, 2.24) is 14.8 Å². The molecule has 0 unspecified atom stereocenters. The first kappa shape index (κ1) is 21.6. The van der Waals surface area contributed by atoms with E-state index in [0.29, 0.717) is 24.4 Å². The number of rotatable bonds is 5. The zero-order valence-electron chi connectivity index (χ0n) is 19.5. The van der Waals surface area contributed by atoms with Gasteiger partial charge in [0.15, 0.2) is 5.58 Å². The molecule has 7 heteroatoms. The van der Waals surface area contributed by atoms with Crippen molar-refractivity contribution in [2.75, 3.05) is 7.11 Å². The van der Waals surface area contributed by atoms with Crippen LogP contribution in [0.15, 0.2) is 40.8 Å². The topological polar surface area (TPSA) is 76.7 Å². The highest BCUT2D eigenvalue weighted by Crippen LogP contribution is 2.35. The van der Waals surface area contributed by atoms with Gasteiger partial charge in [-0.2, -0.15) is 0 Å². The number of amides is 2. The molecule has 0 spiro atoms. The zero-order valence-corrected chi connectivity index (χ0v) is 19.5. The van der Waals surface area contributed by atoms with Gasteiger partial charge >= 0.3 is 0 Å².